The molecule has 1 aromatic rings. The number of aliphatic hydroxyl groups is 2. The number of esters is 1. The average Bonchev–Trinajstić information content (AvgIpc) is 3.09. The lowest BCUT2D eigenvalue weighted by Crippen LogP contribution is -2.61. The van der Waals surface area contributed by atoms with E-state index in [4.69, 9.17) is 4.74 Å². The number of carbonyl (C=O) groups excluding carboxylic acids is 3. The zero-order chi connectivity index (χ0) is 24.3. The zero-order valence-electron chi connectivity index (χ0n) is 19.7. The molecular weight excluding hydrogens is 432 g/mol. The molecule has 2 N–H and O–H groups in total. The van der Waals surface area contributed by atoms with Crippen LogP contribution >= 0.6 is 0 Å². The van der Waals surface area contributed by atoms with Crippen LogP contribution in [0.4, 0.5) is 0 Å². The van der Waals surface area contributed by atoms with E-state index in [1.165, 1.54) is 0 Å². The Kier molecular flexibility index (Phi) is 5.45. The first kappa shape index (κ1) is 23.2. The maximum Gasteiger partial charge on any atom is 0.338 e. The number of allylic oxidation sites excluding steroid dienone is 4. The Morgan fingerprint density at radius 2 is 1.88 bits per heavy atom. The lowest BCUT2D eigenvalue weighted by Gasteiger charge is -2.59. The summed E-state index contributed by atoms with van der Waals surface area (Å²) in [7, 11) is 0. The van der Waals surface area contributed by atoms with Gasteiger partial charge in [0.25, 0.3) is 0 Å². The molecule has 4 aliphatic rings. The average molecular weight is 465 g/mol. The number of hydrogen-bond acceptors (Lipinski definition) is 6. The van der Waals surface area contributed by atoms with Gasteiger partial charge >= 0.3 is 5.97 Å². The maximum absolute atomic E-state index is 13.3. The van der Waals surface area contributed by atoms with Gasteiger partial charge < -0.3 is 14.9 Å². The van der Waals surface area contributed by atoms with Crippen molar-refractivity contribution in [1.29, 1.82) is 0 Å². The molecule has 0 aliphatic heterocycles. The summed E-state index contributed by atoms with van der Waals surface area (Å²) >= 11 is 0. The van der Waals surface area contributed by atoms with E-state index in [-0.39, 0.29) is 23.5 Å². The van der Waals surface area contributed by atoms with Crippen LogP contribution < -0.4 is 0 Å². The highest BCUT2D eigenvalue weighted by Gasteiger charge is 2.68. The van der Waals surface area contributed by atoms with Crippen LogP contribution in [0.3, 0.4) is 0 Å². The molecule has 1 aromatic carbocycles. The van der Waals surface area contributed by atoms with Crippen molar-refractivity contribution in [3.8, 4) is 0 Å². The highest BCUT2D eigenvalue weighted by atomic mass is 16.5. The zero-order valence-corrected chi connectivity index (χ0v) is 19.7. The molecule has 0 aromatic heterocycles. The number of benzene rings is 1. The molecule has 4 aliphatic carbocycles. The van der Waals surface area contributed by atoms with E-state index < -0.39 is 40.9 Å². The highest BCUT2D eigenvalue weighted by Crippen LogP contribution is 2.67. The van der Waals surface area contributed by atoms with E-state index in [9.17, 15) is 24.6 Å². The number of hydrogen-bond donors (Lipinski definition) is 2. The Morgan fingerprint density at radius 3 is 2.62 bits per heavy atom. The summed E-state index contributed by atoms with van der Waals surface area (Å²) in [5, 5.41) is 23.1. The molecule has 0 radical (unpaired) electrons. The summed E-state index contributed by atoms with van der Waals surface area (Å²) in [4.78, 5) is 37.6. The Balaban J connectivity index is 1.37. The van der Waals surface area contributed by atoms with Crippen molar-refractivity contribution in [3.05, 3.63) is 59.7 Å². The van der Waals surface area contributed by atoms with Crippen molar-refractivity contribution < 1.29 is 29.3 Å². The molecule has 5 rings (SSSR count). The second kappa shape index (κ2) is 7.99. The molecule has 7 atom stereocenters. The largest absolute Gasteiger partial charge is 0.454 e. The Labute approximate surface area is 199 Å². The predicted molar refractivity (Wildman–Crippen MR) is 125 cm³/mol. The highest BCUT2D eigenvalue weighted by molar-refractivity contribution is 6.01. The number of Topliss-reactive ketones (excluding diaryl/α,β-unsaturated/α-hetero) is 1. The lowest BCUT2D eigenvalue weighted by molar-refractivity contribution is -0.178. The molecule has 180 valence electrons. The number of fused-ring (bicyclic) bond motifs is 5. The van der Waals surface area contributed by atoms with Crippen LogP contribution in [0, 0.1) is 28.6 Å². The molecule has 0 bridgehead atoms. The molecule has 34 heavy (non-hydrogen) atoms. The number of ether oxygens (including phenoxy) is 1. The van der Waals surface area contributed by atoms with Gasteiger partial charge in [-0.05, 0) is 68.2 Å². The number of ketones is 2. The van der Waals surface area contributed by atoms with Crippen LogP contribution in [-0.4, -0.2) is 46.1 Å². The van der Waals surface area contributed by atoms with Gasteiger partial charge in [-0.15, -0.1) is 0 Å². The molecule has 0 spiro atoms. The molecule has 0 heterocycles. The molecule has 6 nitrogen and oxygen atoms in total. The molecule has 6 heteroatoms. The fraction of sp³-hybridized carbons (Fsp3) is 0.536. The first-order valence-corrected chi connectivity index (χ1v) is 12.2. The smallest absolute Gasteiger partial charge is 0.338 e. The third-order valence-corrected chi connectivity index (χ3v) is 9.45. The maximum atomic E-state index is 13.3. The summed E-state index contributed by atoms with van der Waals surface area (Å²) in [5.41, 5.74) is -1.44. The van der Waals surface area contributed by atoms with Crippen LogP contribution in [0.2, 0.25) is 0 Å². The van der Waals surface area contributed by atoms with Gasteiger partial charge in [0, 0.05) is 16.7 Å². The van der Waals surface area contributed by atoms with Crippen molar-refractivity contribution >= 4 is 17.5 Å². The van der Waals surface area contributed by atoms with Crippen molar-refractivity contribution in [3.63, 3.8) is 0 Å². The summed E-state index contributed by atoms with van der Waals surface area (Å²) < 4.78 is 5.26. The number of rotatable bonds is 4. The second-order valence-electron chi connectivity index (χ2n) is 11.0. The van der Waals surface area contributed by atoms with Crippen LogP contribution in [0.15, 0.2) is 54.1 Å². The molecule has 0 unspecified atom stereocenters. The van der Waals surface area contributed by atoms with E-state index >= 15 is 0 Å². The molecule has 0 amide bonds. The fourth-order valence-corrected chi connectivity index (χ4v) is 7.70. The first-order valence-electron chi connectivity index (χ1n) is 12.2. The van der Waals surface area contributed by atoms with Crippen LogP contribution in [0.25, 0.3) is 0 Å². The van der Waals surface area contributed by atoms with Crippen molar-refractivity contribution in [1.82, 2.24) is 0 Å². The van der Waals surface area contributed by atoms with E-state index in [1.54, 1.807) is 42.5 Å². The standard InChI is InChI=1S/C28H32O6/c1-26-12-10-19(29)14-18(26)8-9-20-21-11-13-28(33,27(21,2)15-22(30)24(20)26)23(31)16-34-25(32)17-6-4-3-5-7-17/h3-7,10,12,14,20-22,24,30,33H,8-9,11,13,15-16H2,1-2H3/t20-,21-,22-,24-,26-,27-,28-/m0/s1. The fourth-order valence-electron chi connectivity index (χ4n) is 7.70. The quantitative estimate of drug-likeness (QED) is 0.662. The predicted octanol–water partition coefficient (Wildman–Crippen LogP) is 3.42. The van der Waals surface area contributed by atoms with E-state index in [1.807, 2.05) is 13.0 Å². The molecule has 3 fully saturated rings. The van der Waals surface area contributed by atoms with Crippen LogP contribution in [0.1, 0.15) is 56.3 Å². The van der Waals surface area contributed by atoms with Gasteiger partial charge in [0.1, 0.15) is 5.60 Å². The van der Waals surface area contributed by atoms with Crippen molar-refractivity contribution in [2.24, 2.45) is 28.6 Å². The van der Waals surface area contributed by atoms with Gasteiger partial charge in [0.15, 0.2) is 12.4 Å². The minimum Gasteiger partial charge on any atom is -0.454 e. The molecule has 0 saturated heterocycles. The van der Waals surface area contributed by atoms with Gasteiger partial charge in [0.05, 0.1) is 11.7 Å². The monoisotopic (exact) mass is 464 g/mol. The number of carbonyl (C=O) groups is 3. The minimum absolute atomic E-state index is 0.00745. The van der Waals surface area contributed by atoms with E-state index in [0.29, 0.717) is 24.8 Å². The Bertz CT molecular complexity index is 1090. The third kappa shape index (κ3) is 3.26. The second-order valence-corrected chi connectivity index (χ2v) is 11.0. The normalized spacial score (nSPS) is 40.6. The van der Waals surface area contributed by atoms with Gasteiger partial charge in [0.2, 0.25) is 5.78 Å². The number of aliphatic hydroxyl groups excluding tert-OH is 1. The van der Waals surface area contributed by atoms with Gasteiger partial charge in [-0.25, -0.2) is 4.79 Å². The Morgan fingerprint density at radius 1 is 1.15 bits per heavy atom. The van der Waals surface area contributed by atoms with E-state index in [2.05, 4.69) is 6.92 Å². The van der Waals surface area contributed by atoms with Crippen molar-refractivity contribution in [2.45, 2.75) is 57.7 Å². The van der Waals surface area contributed by atoms with Gasteiger partial charge in [-0.3, -0.25) is 9.59 Å². The third-order valence-electron chi connectivity index (χ3n) is 9.45. The molecule has 3 saturated carbocycles. The topological polar surface area (TPSA) is 101 Å². The minimum atomic E-state index is -1.66. The Hall–Kier alpha value is -2.57. The summed E-state index contributed by atoms with van der Waals surface area (Å²) in [5.74, 6) is -0.987. The van der Waals surface area contributed by atoms with E-state index in [0.717, 1.165) is 18.4 Å². The lowest BCUT2D eigenvalue weighted by atomic mass is 9.46. The van der Waals surface area contributed by atoms with Crippen LogP contribution in [0.5, 0.6) is 0 Å². The van der Waals surface area contributed by atoms with Gasteiger partial charge in [-0.2, -0.15) is 0 Å². The summed E-state index contributed by atoms with van der Waals surface area (Å²) in [6.07, 6.45) is 7.39. The summed E-state index contributed by atoms with van der Waals surface area (Å²) in [6, 6.07) is 8.46. The SMILES string of the molecule is C[C@]12C=CC(=O)C=C1CC[C@@H]1[C@H]2[C@@H](O)C[C@@]2(C)[C@H]1CC[C@]2(O)C(=O)COC(=O)c1ccccc1. The first-order chi connectivity index (χ1) is 16.1. The molecular formula is C28H32O6. The van der Waals surface area contributed by atoms with Crippen molar-refractivity contribution in [2.75, 3.05) is 6.61 Å². The van der Waals surface area contributed by atoms with Crippen LogP contribution in [-0.2, 0) is 14.3 Å². The van der Waals surface area contributed by atoms with Gasteiger partial charge in [-0.1, -0.05) is 43.7 Å². The summed E-state index contributed by atoms with van der Waals surface area (Å²) in [6.45, 7) is 3.51.